The molecule has 0 aliphatic rings. The number of likely N-dealkylation sites (N-methyl/N-ethyl adjacent to an activating group) is 1. The van der Waals surface area contributed by atoms with E-state index < -0.39 is 21.3 Å². The summed E-state index contributed by atoms with van der Waals surface area (Å²) in [5.74, 6) is -0.702. The number of hydrogen-bond acceptors (Lipinski definition) is 5. The van der Waals surface area contributed by atoms with E-state index in [0.717, 1.165) is 0 Å². The van der Waals surface area contributed by atoms with Gasteiger partial charge in [-0.2, -0.15) is 0 Å². The first-order valence-corrected chi connectivity index (χ1v) is 7.34. The average molecular weight is 304 g/mol. The van der Waals surface area contributed by atoms with Crippen molar-refractivity contribution < 1.29 is 56.5 Å². The number of esters is 1. The molecule has 0 aliphatic heterocycles. The molecular formula is C11H23NNaO5S+. The van der Waals surface area contributed by atoms with Crippen LogP contribution in [0.1, 0.15) is 20.8 Å². The number of ether oxygens (including phenoxy) is 1. The molecule has 0 fully saturated rings. The molecule has 0 radical (unpaired) electrons. The summed E-state index contributed by atoms with van der Waals surface area (Å²) >= 11 is 0. The van der Waals surface area contributed by atoms with Crippen LogP contribution in [0.5, 0.6) is 0 Å². The predicted molar refractivity (Wildman–Crippen MR) is 66.8 cm³/mol. The molecule has 0 aromatic carbocycles. The normalized spacial score (nSPS) is 12.7. The molecule has 0 aromatic heterocycles. The fraction of sp³-hybridized carbons (Fsp3) is 0.909. The van der Waals surface area contributed by atoms with Crippen LogP contribution < -0.4 is 29.6 Å². The van der Waals surface area contributed by atoms with Crippen LogP contribution in [0.2, 0.25) is 0 Å². The van der Waals surface area contributed by atoms with E-state index in [1.54, 1.807) is 34.9 Å². The van der Waals surface area contributed by atoms with Crippen LogP contribution in [0.15, 0.2) is 0 Å². The summed E-state index contributed by atoms with van der Waals surface area (Å²) in [6.45, 7) is 6.18. The van der Waals surface area contributed by atoms with E-state index in [-0.39, 0.29) is 48.7 Å². The molecule has 0 bridgehead atoms. The topological polar surface area (TPSA) is 83.5 Å². The van der Waals surface area contributed by atoms with Crippen molar-refractivity contribution >= 4 is 16.1 Å². The fourth-order valence-corrected chi connectivity index (χ4v) is 1.79. The van der Waals surface area contributed by atoms with Crippen LogP contribution in [-0.4, -0.2) is 63.0 Å². The number of carbonyl (C=O) groups is 1. The first kappa shape index (κ1) is 21.6. The molecular weight excluding hydrogens is 281 g/mol. The molecule has 6 nitrogen and oxygen atoms in total. The van der Waals surface area contributed by atoms with Gasteiger partial charge >= 0.3 is 35.5 Å². The average Bonchev–Trinajstić information content (AvgIpc) is 2.12. The Kier molecular flexibility index (Phi) is 9.05. The van der Waals surface area contributed by atoms with E-state index in [2.05, 4.69) is 0 Å². The van der Waals surface area contributed by atoms with E-state index in [9.17, 15) is 17.8 Å². The second-order valence-corrected chi connectivity index (χ2v) is 7.55. The smallest absolute Gasteiger partial charge is 0.748 e. The largest absolute Gasteiger partial charge is 1.00 e. The molecule has 108 valence electrons. The summed E-state index contributed by atoms with van der Waals surface area (Å²) in [5, 5.41) is 0. The molecule has 0 unspecified atom stereocenters. The minimum Gasteiger partial charge on any atom is -0.748 e. The van der Waals surface area contributed by atoms with Crippen molar-refractivity contribution in [2.75, 3.05) is 39.5 Å². The maximum absolute atomic E-state index is 11.5. The second kappa shape index (κ2) is 7.95. The Labute approximate surface area is 138 Å². The van der Waals surface area contributed by atoms with Crippen molar-refractivity contribution in [1.29, 1.82) is 0 Å². The molecule has 0 saturated heterocycles. The van der Waals surface area contributed by atoms with Crippen LogP contribution in [0.4, 0.5) is 0 Å². The van der Waals surface area contributed by atoms with Crippen molar-refractivity contribution in [3.05, 3.63) is 0 Å². The second-order valence-electron chi connectivity index (χ2n) is 6.03. The number of carbonyl (C=O) groups excluding carboxylic acids is 1. The fourth-order valence-electron chi connectivity index (χ4n) is 1.07. The Balaban J connectivity index is 0. The predicted octanol–water partition coefficient (Wildman–Crippen LogP) is -2.80. The minimum atomic E-state index is -4.20. The van der Waals surface area contributed by atoms with Gasteiger partial charge in [-0.05, 0) is 20.8 Å². The Morgan fingerprint density at radius 2 is 1.68 bits per heavy atom. The maximum Gasteiger partial charge on any atom is 1.00 e. The monoisotopic (exact) mass is 304 g/mol. The van der Waals surface area contributed by atoms with Gasteiger partial charge < -0.3 is 13.8 Å². The van der Waals surface area contributed by atoms with Crippen molar-refractivity contribution in [2.45, 2.75) is 20.8 Å². The van der Waals surface area contributed by atoms with Crippen LogP contribution in [0.3, 0.4) is 0 Å². The Morgan fingerprint density at radius 3 is 2.05 bits per heavy atom. The van der Waals surface area contributed by atoms with Gasteiger partial charge in [0.2, 0.25) is 0 Å². The zero-order valence-electron chi connectivity index (χ0n) is 12.7. The third kappa shape index (κ3) is 11.8. The number of rotatable bonds is 6. The van der Waals surface area contributed by atoms with Gasteiger partial charge in [0, 0.05) is 0 Å². The van der Waals surface area contributed by atoms with Crippen molar-refractivity contribution in [1.82, 2.24) is 0 Å². The van der Waals surface area contributed by atoms with E-state index in [1.165, 1.54) is 0 Å². The van der Waals surface area contributed by atoms with Gasteiger partial charge in [-0.15, -0.1) is 0 Å². The van der Waals surface area contributed by atoms with E-state index in [4.69, 9.17) is 4.74 Å². The third-order valence-corrected chi connectivity index (χ3v) is 3.17. The van der Waals surface area contributed by atoms with Gasteiger partial charge in [-0.1, -0.05) is 0 Å². The van der Waals surface area contributed by atoms with Gasteiger partial charge in [0.1, 0.15) is 23.3 Å². The Morgan fingerprint density at radius 1 is 1.21 bits per heavy atom. The van der Waals surface area contributed by atoms with Crippen molar-refractivity contribution in [3.63, 3.8) is 0 Å². The summed E-state index contributed by atoms with van der Waals surface area (Å²) in [5.41, 5.74) is -0.546. The minimum absolute atomic E-state index is 0. The van der Waals surface area contributed by atoms with Gasteiger partial charge in [-0.25, -0.2) is 8.42 Å². The summed E-state index contributed by atoms with van der Waals surface area (Å²) < 4.78 is 37.0. The molecule has 0 aliphatic carbocycles. The maximum atomic E-state index is 11.5. The molecule has 19 heavy (non-hydrogen) atoms. The first-order valence-electron chi connectivity index (χ1n) is 5.76. The van der Waals surface area contributed by atoms with Gasteiger partial charge in [0.05, 0.1) is 31.8 Å². The molecule has 0 heterocycles. The Bertz CT molecular complexity index is 386. The molecule has 0 saturated carbocycles. The quantitative estimate of drug-likeness (QED) is 0.229. The number of nitrogens with zero attached hydrogens (tertiary/aromatic N) is 1. The Hall–Kier alpha value is 0.340. The van der Waals surface area contributed by atoms with Crippen LogP contribution in [0.25, 0.3) is 0 Å². The van der Waals surface area contributed by atoms with Crippen LogP contribution >= 0.6 is 0 Å². The summed E-state index contributed by atoms with van der Waals surface area (Å²) in [6.07, 6.45) is 0. The molecule has 8 heteroatoms. The first-order chi connectivity index (χ1) is 7.83. The summed E-state index contributed by atoms with van der Waals surface area (Å²) in [4.78, 5) is 11.5. The standard InChI is InChI=1S/C11H23NO5S.Na/c1-11(2,3)10(13)17-8-6-12(4,5)7-9-18(14,15)16;/h6-9H2,1-5H3;/q;+1. The van der Waals surface area contributed by atoms with E-state index >= 15 is 0 Å². The van der Waals surface area contributed by atoms with Gasteiger partial charge in [-0.3, -0.25) is 4.79 Å². The summed E-state index contributed by atoms with van der Waals surface area (Å²) in [6, 6.07) is 0. The molecule has 0 aromatic rings. The van der Waals surface area contributed by atoms with Crippen LogP contribution in [0, 0.1) is 5.41 Å². The van der Waals surface area contributed by atoms with Gasteiger partial charge in [0.25, 0.3) is 0 Å². The third-order valence-electron chi connectivity index (χ3n) is 2.49. The zero-order valence-corrected chi connectivity index (χ0v) is 15.5. The van der Waals surface area contributed by atoms with Crippen molar-refractivity contribution in [3.8, 4) is 0 Å². The molecule has 0 spiro atoms. The van der Waals surface area contributed by atoms with Crippen LogP contribution in [-0.2, 0) is 19.6 Å². The van der Waals surface area contributed by atoms with E-state index in [1.807, 2.05) is 0 Å². The zero-order chi connectivity index (χ0) is 14.6. The molecule has 0 atom stereocenters. The number of quaternary nitrogens is 1. The van der Waals surface area contributed by atoms with Gasteiger partial charge in [0.15, 0.2) is 0 Å². The molecule has 0 N–H and O–H groups in total. The number of hydrogen-bond donors (Lipinski definition) is 0. The summed E-state index contributed by atoms with van der Waals surface area (Å²) in [7, 11) is -0.620. The molecule has 0 amide bonds. The van der Waals surface area contributed by atoms with E-state index in [0.29, 0.717) is 11.0 Å². The van der Waals surface area contributed by atoms with Crippen molar-refractivity contribution in [2.24, 2.45) is 5.41 Å². The molecule has 0 rings (SSSR count). The SMILES string of the molecule is CC(C)(C)C(=O)OCC[N+](C)(C)CCS(=O)(=O)[O-].[Na+].